The van der Waals surface area contributed by atoms with Gasteiger partial charge in [0.2, 0.25) is 5.89 Å². The Morgan fingerprint density at radius 1 is 1.17 bits per heavy atom. The van der Waals surface area contributed by atoms with Crippen LogP contribution in [-0.2, 0) is 42.6 Å². The highest BCUT2D eigenvalue weighted by atomic mass is 16.5. The van der Waals surface area contributed by atoms with E-state index in [1.54, 1.807) is 0 Å². The Bertz CT molecular complexity index is 1310. The van der Waals surface area contributed by atoms with Crippen LogP contribution in [0.4, 0.5) is 0 Å². The first kappa shape index (κ1) is 22.9. The zero-order valence-corrected chi connectivity index (χ0v) is 20.9. The zero-order chi connectivity index (χ0) is 24.9. The van der Waals surface area contributed by atoms with Crippen molar-refractivity contribution in [3.63, 3.8) is 0 Å². The molecule has 0 radical (unpaired) electrons. The molecule has 6 rings (SSSR count). The van der Waals surface area contributed by atoms with Crippen molar-refractivity contribution in [3.05, 3.63) is 94.3 Å². The summed E-state index contributed by atoms with van der Waals surface area (Å²) in [5.74, 6) is 2.15. The molecule has 186 valence electrons. The van der Waals surface area contributed by atoms with Crippen LogP contribution in [0.3, 0.4) is 0 Å². The van der Waals surface area contributed by atoms with Crippen LogP contribution >= 0.6 is 0 Å². The van der Waals surface area contributed by atoms with Gasteiger partial charge in [-0.3, -0.25) is 0 Å². The first-order valence-electron chi connectivity index (χ1n) is 12.8. The second-order valence-corrected chi connectivity index (χ2v) is 10.8. The number of hydrogen-bond acceptors (Lipinski definition) is 5. The van der Waals surface area contributed by atoms with Crippen LogP contribution in [0.15, 0.2) is 59.2 Å². The number of carboxylic acids is 1. The smallest absolute Gasteiger partial charge is 0.326 e. The van der Waals surface area contributed by atoms with Crippen molar-refractivity contribution in [1.82, 2.24) is 9.88 Å². The maximum atomic E-state index is 11.9. The molecular formula is C30H32N2O4. The third-order valence-corrected chi connectivity index (χ3v) is 7.87. The molecule has 1 N–H and O–H groups in total. The van der Waals surface area contributed by atoms with Gasteiger partial charge in [0.1, 0.15) is 29.9 Å². The number of hydrogen-bond donors (Lipinski definition) is 1. The van der Waals surface area contributed by atoms with Gasteiger partial charge in [0.05, 0.1) is 5.41 Å². The molecule has 0 bridgehead atoms. The largest absolute Gasteiger partial charge is 0.487 e. The fourth-order valence-corrected chi connectivity index (χ4v) is 5.51. The Hall–Kier alpha value is -3.54. The van der Waals surface area contributed by atoms with E-state index in [-0.39, 0.29) is 5.41 Å². The van der Waals surface area contributed by atoms with Crippen LogP contribution in [0.25, 0.3) is 0 Å². The van der Waals surface area contributed by atoms with Gasteiger partial charge in [0.25, 0.3) is 0 Å². The van der Waals surface area contributed by atoms with Gasteiger partial charge in [-0.1, -0.05) is 43.3 Å². The van der Waals surface area contributed by atoms with E-state index >= 15 is 0 Å². The van der Waals surface area contributed by atoms with Crippen molar-refractivity contribution in [2.45, 2.75) is 70.6 Å². The topological polar surface area (TPSA) is 75.8 Å². The average molecular weight is 485 g/mol. The summed E-state index contributed by atoms with van der Waals surface area (Å²) in [7, 11) is 0. The number of rotatable bonds is 7. The number of carboxylic acid groups (broad SMARTS) is 1. The third kappa shape index (κ3) is 4.41. The summed E-state index contributed by atoms with van der Waals surface area (Å²) in [5.41, 5.74) is 5.60. The molecule has 1 aliphatic heterocycles. The molecule has 2 aromatic carbocycles. The lowest BCUT2D eigenvalue weighted by Crippen LogP contribution is -2.42. The maximum absolute atomic E-state index is 11.9. The van der Waals surface area contributed by atoms with Crippen LogP contribution in [0.1, 0.15) is 59.4 Å². The highest BCUT2D eigenvalue weighted by molar-refractivity contribution is 5.74. The molecule has 0 unspecified atom stereocenters. The number of allylic oxidation sites excluding steroid dienone is 1. The van der Waals surface area contributed by atoms with Gasteiger partial charge < -0.3 is 19.2 Å². The highest BCUT2D eigenvalue weighted by Crippen LogP contribution is 2.39. The van der Waals surface area contributed by atoms with E-state index in [1.165, 1.54) is 24.0 Å². The second kappa shape index (κ2) is 8.84. The molecule has 1 aromatic heterocycles. The molecule has 3 aliphatic rings. The molecule has 1 atom stereocenters. The summed E-state index contributed by atoms with van der Waals surface area (Å²) in [6.45, 7) is 5.07. The molecule has 3 aromatic rings. The minimum absolute atomic E-state index is 0.142. The predicted octanol–water partition coefficient (Wildman–Crippen LogP) is 5.35. The SMILES string of the molecule is Cc1oc(C2(C)Cc3ccccc3C2)nc1COc1ccc2c(c1)CN(/C=C/C1CC1)[C@H](C(=O)O)C2. The number of fused-ring (bicyclic) bond motifs is 2. The number of benzene rings is 2. The minimum Gasteiger partial charge on any atom is -0.487 e. The highest BCUT2D eigenvalue weighted by Gasteiger charge is 2.39. The van der Waals surface area contributed by atoms with Crippen molar-refractivity contribution in [3.8, 4) is 5.75 Å². The van der Waals surface area contributed by atoms with E-state index in [4.69, 9.17) is 14.1 Å². The van der Waals surface area contributed by atoms with Gasteiger partial charge >= 0.3 is 5.97 Å². The third-order valence-electron chi connectivity index (χ3n) is 7.87. The molecule has 2 aliphatic carbocycles. The van der Waals surface area contributed by atoms with E-state index in [9.17, 15) is 9.90 Å². The van der Waals surface area contributed by atoms with E-state index in [0.717, 1.165) is 47.1 Å². The van der Waals surface area contributed by atoms with Crippen LogP contribution in [0, 0.1) is 12.8 Å². The number of oxazole rings is 1. The van der Waals surface area contributed by atoms with Gasteiger partial charge in [-0.25, -0.2) is 9.78 Å². The first-order valence-corrected chi connectivity index (χ1v) is 12.8. The van der Waals surface area contributed by atoms with Crippen molar-refractivity contribution in [2.75, 3.05) is 0 Å². The Balaban J connectivity index is 1.16. The van der Waals surface area contributed by atoms with Gasteiger partial charge in [0.15, 0.2) is 0 Å². The summed E-state index contributed by atoms with van der Waals surface area (Å²) < 4.78 is 12.3. The lowest BCUT2D eigenvalue weighted by molar-refractivity contribution is -0.142. The quantitative estimate of drug-likeness (QED) is 0.487. The van der Waals surface area contributed by atoms with Crippen molar-refractivity contribution in [2.24, 2.45) is 5.92 Å². The number of ether oxygens (including phenoxy) is 1. The second-order valence-electron chi connectivity index (χ2n) is 10.8. The fourth-order valence-electron chi connectivity index (χ4n) is 5.51. The number of nitrogens with zero attached hydrogens (tertiary/aromatic N) is 2. The Morgan fingerprint density at radius 2 is 1.92 bits per heavy atom. The normalized spacial score (nSPS) is 20.4. The monoisotopic (exact) mass is 484 g/mol. The van der Waals surface area contributed by atoms with Crippen LogP contribution < -0.4 is 4.74 Å². The Labute approximate surface area is 211 Å². The molecule has 0 amide bonds. The molecule has 6 nitrogen and oxygen atoms in total. The van der Waals surface area contributed by atoms with Crippen molar-refractivity contribution >= 4 is 5.97 Å². The fraction of sp³-hybridized carbons (Fsp3) is 0.400. The molecular weight excluding hydrogens is 452 g/mol. The van der Waals surface area contributed by atoms with Crippen LogP contribution in [-0.4, -0.2) is 27.0 Å². The molecule has 36 heavy (non-hydrogen) atoms. The molecule has 0 saturated heterocycles. The number of aromatic nitrogens is 1. The summed E-state index contributed by atoms with van der Waals surface area (Å²) in [6.07, 6.45) is 8.88. The summed E-state index contributed by atoms with van der Waals surface area (Å²) in [5, 5.41) is 9.74. The standard InChI is InChI=1S/C30H32N2O4/c1-19-26(31-29(36-19)30(2)15-22-5-3-4-6-23(22)16-30)18-35-25-10-9-21-14-27(28(33)34)32(17-24(21)13-25)12-11-20-7-8-20/h3-6,9-13,20,27H,7-8,14-18H2,1-2H3,(H,33,34)/b12-11+/t27-/m0/s1. The summed E-state index contributed by atoms with van der Waals surface area (Å²) in [4.78, 5) is 18.7. The van der Waals surface area contributed by atoms with Gasteiger partial charge in [-0.2, -0.15) is 0 Å². The number of carbonyl (C=O) groups is 1. The molecule has 6 heteroatoms. The average Bonchev–Trinajstić information content (AvgIpc) is 3.51. The van der Waals surface area contributed by atoms with E-state index in [1.807, 2.05) is 36.2 Å². The first-order chi connectivity index (χ1) is 17.4. The Kier molecular flexibility index (Phi) is 5.62. The predicted molar refractivity (Wildman–Crippen MR) is 136 cm³/mol. The molecule has 1 fully saturated rings. The van der Waals surface area contributed by atoms with E-state index < -0.39 is 12.0 Å². The minimum atomic E-state index is -0.780. The van der Waals surface area contributed by atoms with Gasteiger partial charge in [0, 0.05) is 13.0 Å². The van der Waals surface area contributed by atoms with Crippen LogP contribution in [0.5, 0.6) is 5.75 Å². The lowest BCUT2D eigenvalue weighted by Gasteiger charge is -2.33. The summed E-state index contributed by atoms with van der Waals surface area (Å²) in [6, 6.07) is 14.0. The molecule has 0 spiro atoms. The van der Waals surface area contributed by atoms with Gasteiger partial charge in [-0.05, 0) is 79.1 Å². The van der Waals surface area contributed by atoms with E-state index in [2.05, 4.69) is 37.3 Å². The van der Waals surface area contributed by atoms with Crippen molar-refractivity contribution < 1.29 is 19.1 Å². The Morgan fingerprint density at radius 3 is 2.61 bits per heavy atom. The molecule has 2 heterocycles. The number of aliphatic carboxylic acids is 1. The lowest BCUT2D eigenvalue weighted by atomic mass is 9.87. The number of aryl methyl sites for hydroxylation is 1. The van der Waals surface area contributed by atoms with Crippen molar-refractivity contribution in [1.29, 1.82) is 0 Å². The summed E-state index contributed by atoms with van der Waals surface area (Å²) >= 11 is 0. The van der Waals surface area contributed by atoms with E-state index in [0.29, 0.717) is 25.5 Å². The van der Waals surface area contributed by atoms with Gasteiger partial charge in [-0.15, -0.1) is 0 Å². The zero-order valence-electron chi connectivity index (χ0n) is 20.9. The molecule has 1 saturated carbocycles. The maximum Gasteiger partial charge on any atom is 0.326 e. The van der Waals surface area contributed by atoms with Crippen LogP contribution in [0.2, 0.25) is 0 Å².